The molecule has 1 aliphatic rings. The second-order valence-corrected chi connectivity index (χ2v) is 9.66. The highest BCUT2D eigenvalue weighted by Gasteiger charge is 2.20. The largest absolute Gasteiger partial charge is 0.343 e. The van der Waals surface area contributed by atoms with Gasteiger partial charge in [-0.25, -0.2) is 0 Å². The van der Waals surface area contributed by atoms with E-state index in [1.165, 1.54) is 0 Å². The third-order valence-electron chi connectivity index (χ3n) is 6.69. The predicted molar refractivity (Wildman–Crippen MR) is 140 cm³/mol. The van der Waals surface area contributed by atoms with Gasteiger partial charge in [-0.2, -0.15) is 0 Å². The van der Waals surface area contributed by atoms with E-state index in [2.05, 4.69) is 13.8 Å². The molecule has 1 fully saturated rings. The van der Waals surface area contributed by atoms with Crippen LogP contribution in [0, 0.1) is 0 Å². The fourth-order valence-corrected chi connectivity index (χ4v) is 4.45. The second-order valence-electron chi connectivity index (χ2n) is 9.66. The summed E-state index contributed by atoms with van der Waals surface area (Å²) in [6.45, 7) is 10.6. The van der Waals surface area contributed by atoms with Gasteiger partial charge in [0.05, 0.1) is 0 Å². The van der Waals surface area contributed by atoms with E-state index >= 15 is 0 Å². The minimum absolute atomic E-state index is 0.117. The zero-order chi connectivity index (χ0) is 25.9. The van der Waals surface area contributed by atoms with Crippen molar-refractivity contribution in [1.82, 2.24) is 19.6 Å². The molecule has 8 heteroatoms. The van der Waals surface area contributed by atoms with E-state index in [1.807, 2.05) is 21.6 Å². The van der Waals surface area contributed by atoms with Crippen LogP contribution in [0.2, 0.25) is 0 Å². The number of nitrogens with zero attached hydrogens (tertiary/aromatic N) is 4. The molecule has 8 nitrogen and oxygen atoms in total. The minimum Gasteiger partial charge on any atom is -0.343 e. The Bertz CT molecular complexity index is 628. The summed E-state index contributed by atoms with van der Waals surface area (Å²) in [6, 6.07) is 0. The van der Waals surface area contributed by atoms with Crippen LogP contribution >= 0.6 is 0 Å². The summed E-state index contributed by atoms with van der Waals surface area (Å²) in [6.07, 6.45) is 10.6. The van der Waals surface area contributed by atoms with Crippen molar-refractivity contribution in [1.29, 1.82) is 0 Å². The molecule has 0 atom stereocenters. The van der Waals surface area contributed by atoms with Crippen LogP contribution in [0.1, 0.15) is 97.8 Å². The summed E-state index contributed by atoms with van der Waals surface area (Å²) < 4.78 is 0. The van der Waals surface area contributed by atoms with E-state index in [-0.39, 0.29) is 17.7 Å². The van der Waals surface area contributed by atoms with E-state index < -0.39 is 0 Å². The van der Waals surface area contributed by atoms with Gasteiger partial charge >= 0.3 is 0 Å². The van der Waals surface area contributed by atoms with Gasteiger partial charge < -0.3 is 19.6 Å². The summed E-state index contributed by atoms with van der Waals surface area (Å²) in [7, 11) is 0. The third kappa shape index (κ3) is 13.0. The van der Waals surface area contributed by atoms with Crippen LogP contribution in [0.25, 0.3) is 0 Å². The van der Waals surface area contributed by atoms with E-state index in [0.717, 1.165) is 51.4 Å². The molecule has 0 unspecified atom stereocenters. The molecule has 4 amide bonds. The van der Waals surface area contributed by atoms with Crippen LogP contribution in [0.15, 0.2) is 0 Å². The molecule has 1 heterocycles. The Hall–Kier alpha value is -2.12. The van der Waals surface area contributed by atoms with Crippen molar-refractivity contribution in [2.75, 3.05) is 52.4 Å². The van der Waals surface area contributed by atoms with Gasteiger partial charge in [-0.3, -0.25) is 19.2 Å². The molecule has 1 saturated heterocycles. The molecule has 0 aromatic rings. The first-order valence-electron chi connectivity index (χ1n) is 14.0. The average molecular weight is 495 g/mol. The molecule has 1 aliphatic heterocycles. The van der Waals surface area contributed by atoms with Gasteiger partial charge in [0.2, 0.25) is 24.1 Å². The molecular weight excluding hydrogens is 444 g/mol. The number of amides is 4. The topological polar surface area (TPSA) is 81.2 Å². The lowest BCUT2D eigenvalue weighted by Gasteiger charge is -2.31. The summed E-state index contributed by atoms with van der Waals surface area (Å²) in [5.41, 5.74) is 0. The van der Waals surface area contributed by atoms with Crippen LogP contribution in [0.5, 0.6) is 0 Å². The highest BCUT2D eigenvalue weighted by molar-refractivity contribution is 5.77. The van der Waals surface area contributed by atoms with Crippen LogP contribution in [0.3, 0.4) is 0 Å². The number of hydrogen-bond donors (Lipinski definition) is 0. The van der Waals surface area contributed by atoms with Gasteiger partial charge in [0, 0.05) is 71.6 Å². The maximum absolute atomic E-state index is 12.9. The molecule has 0 saturated carbocycles. The Morgan fingerprint density at radius 3 is 1.40 bits per heavy atom. The molecule has 1 rings (SSSR count). The van der Waals surface area contributed by atoms with Gasteiger partial charge in [-0.05, 0) is 32.1 Å². The lowest BCUT2D eigenvalue weighted by molar-refractivity contribution is -0.136. The zero-order valence-corrected chi connectivity index (χ0v) is 22.6. The standard InChI is InChI=1S/C27H50N4O4/c1-4-7-9-14-26(34)29-18-12-19-30(25(33)13-6-3)22-23-31(27(35)15-10-8-5-2)17-11-16-28(24-32)20-21-29/h24H,4-23H2,1-3H3. The number of carbonyl (C=O) groups is 4. The van der Waals surface area contributed by atoms with Gasteiger partial charge in [-0.1, -0.05) is 46.5 Å². The zero-order valence-electron chi connectivity index (χ0n) is 22.6. The number of hydrogen-bond acceptors (Lipinski definition) is 4. The predicted octanol–water partition coefficient (Wildman–Crippen LogP) is 3.69. The maximum atomic E-state index is 12.9. The Morgan fingerprint density at radius 2 is 0.971 bits per heavy atom. The Balaban J connectivity index is 2.92. The average Bonchev–Trinajstić information content (AvgIpc) is 2.85. The molecule has 0 aliphatic carbocycles. The van der Waals surface area contributed by atoms with Crippen molar-refractivity contribution in [3.05, 3.63) is 0 Å². The summed E-state index contributed by atoms with van der Waals surface area (Å²) in [5, 5.41) is 0. The lowest BCUT2D eigenvalue weighted by Crippen LogP contribution is -2.45. The fraction of sp³-hybridized carbons (Fsp3) is 0.852. The van der Waals surface area contributed by atoms with Crippen molar-refractivity contribution >= 4 is 24.1 Å². The number of unbranched alkanes of at least 4 members (excludes halogenated alkanes) is 4. The normalized spacial score (nSPS) is 16.7. The monoisotopic (exact) mass is 494 g/mol. The smallest absolute Gasteiger partial charge is 0.222 e. The van der Waals surface area contributed by atoms with E-state index in [1.54, 1.807) is 4.90 Å². The molecule has 202 valence electrons. The van der Waals surface area contributed by atoms with Crippen molar-refractivity contribution < 1.29 is 19.2 Å². The van der Waals surface area contributed by atoms with Gasteiger partial charge in [0.25, 0.3) is 0 Å². The molecule has 0 bridgehead atoms. The molecule has 0 spiro atoms. The summed E-state index contributed by atoms with van der Waals surface area (Å²) in [4.78, 5) is 57.5. The van der Waals surface area contributed by atoms with Gasteiger partial charge in [0.1, 0.15) is 0 Å². The molecular formula is C27H50N4O4. The van der Waals surface area contributed by atoms with Crippen LogP contribution in [-0.4, -0.2) is 96.1 Å². The molecule has 35 heavy (non-hydrogen) atoms. The first-order chi connectivity index (χ1) is 17.0. The van der Waals surface area contributed by atoms with E-state index in [0.29, 0.717) is 84.5 Å². The second kappa shape index (κ2) is 19.1. The van der Waals surface area contributed by atoms with Crippen molar-refractivity contribution in [3.8, 4) is 0 Å². The van der Waals surface area contributed by atoms with Crippen molar-refractivity contribution in [2.24, 2.45) is 0 Å². The Labute approximate surface area is 213 Å². The SMILES string of the molecule is CCCCCC(=O)N1CCCN(C(=O)CCC)CCN(C(=O)CCCCC)CCCN(C=O)CC1. The van der Waals surface area contributed by atoms with Crippen molar-refractivity contribution in [2.45, 2.75) is 97.8 Å². The van der Waals surface area contributed by atoms with Gasteiger partial charge in [0.15, 0.2) is 0 Å². The van der Waals surface area contributed by atoms with Gasteiger partial charge in [-0.15, -0.1) is 0 Å². The van der Waals surface area contributed by atoms with Crippen molar-refractivity contribution in [3.63, 3.8) is 0 Å². The summed E-state index contributed by atoms with van der Waals surface area (Å²) >= 11 is 0. The molecule has 0 N–H and O–H groups in total. The highest BCUT2D eigenvalue weighted by atomic mass is 16.2. The van der Waals surface area contributed by atoms with Crippen LogP contribution < -0.4 is 0 Å². The van der Waals surface area contributed by atoms with E-state index in [4.69, 9.17) is 0 Å². The minimum atomic E-state index is 0.117. The lowest BCUT2D eigenvalue weighted by atomic mass is 10.1. The Morgan fingerprint density at radius 1 is 0.543 bits per heavy atom. The third-order valence-corrected chi connectivity index (χ3v) is 6.69. The Kier molecular flexibility index (Phi) is 16.9. The van der Waals surface area contributed by atoms with Crippen LogP contribution in [0.4, 0.5) is 0 Å². The number of carbonyl (C=O) groups excluding carboxylic acids is 4. The molecule has 0 aromatic carbocycles. The molecule has 0 aromatic heterocycles. The fourth-order valence-electron chi connectivity index (χ4n) is 4.45. The maximum Gasteiger partial charge on any atom is 0.222 e. The first kappa shape index (κ1) is 30.9. The highest BCUT2D eigenvalue weighted by Crippen LogP contribution is 2.09. The first-order valence-corrected chi connectivity index (χ1v) is 14.0. The summed E-state index contributed by atoms with van der Waals surface area (Å²) in [5.74, 6) is 0.382. The van der Waals surface area contributed by atoms with E-state index in [9.17, 15) is 19.2 Å². The van der Waals surface area contributed by atoms with Crippen LogP contribution in [-0.2, 0) is 19.2 Å². The molecule has 0 radical (unpaired) electrons. The quantitative estimate of drug-likeness (QED) is 0.324. The number of rotatable bonds is 11.